The third-order valence-electron chi connectivity index (χ3n) is 5.81. The molecule has 0 atom stereocenters. The van der Waals surface area contributed by atoms with Gasteiger partial charge >= 0.3 is 0 Å². The largest absolute Gasteiger partial charge is 0.390 e. The number of aromatic nitrogens is 2. The minimum Gasteiger partial charge on any atom is -0.390 e. The van der Waals surface area contributed by atoms with Crippen LogP contribution in [0.5, 0.6) is 0 Å². The van der Waals surface area contributed by atoms with Crippen LogP contribution in [0.4, 0.5) is 0 Å². The van der Waals surface area contributed by atoms with Gasteiger partial charge in [-0.25, -0.2) is 0 Å². The van der Waals surface area contributed by atoms with Gasteiger partial charge in [0.2, 0.25) is 5.91 Å². The van der Waals surface area contributed by atoms with E-state index in [2.05, 4.69) is 10.2 Å². The van der Waals surface area contributed by atoms with Gasteiger partial charge in [-0.15, -0.1) is 0 Å². The van der Waals surface area contributed by atoms with E-state index >= 15 is 0 Å². The molecule has 172 valence electrons. The van der Waals surface area contributed by atoms with Gasteiger partial charge in [-0.3, -0.25) is 14.7 Å². The van der Waals surface area contributed by atoms with E-state index in [-0.39, 0.29) is 18.2 Å². The van der Waals surface area contributed by atoms with Crippen LogP contribution in [0, 0.1) is 0 Å². The van der Waals surface area contributed by atoms with Crippen molar-refractivity contribution in [3.63, 3.8) is 0 Å². The van der Waals surface area contributed by atoms with Crippen LogP contribution in [0.25, 0.3) is 23.1 Å². The van der Waals surface area contributed by atoms with E-state index in [1.54, 1.807) is 23.6 Å². The number of hydrogen-bond donors (Lipinski definition) is 2. The number of hydrogen-bond acceptors (Lipinski definition) is 4. The lowest BCUT2D eigenvalue weighted by Crippen LogP contribution is -2.39. The normalized spacial score (nSPS) is 15.2. The van der Waals surface area contributed by atoms with Crippen LogP contribution in [0.2, 0.25) is 0 Å². The summed E-state index contributed by atoms with van der Waals surface area (Å²) < 4.78 is 0. The number of nitrogens with one attached hydrogen (secondary N) is 1. The zero-order chi connectivity index (χ0) is 23.4. The molecule has 0 saturated carbocycles. The van der Waals surface area contributed by atoms with E-state index in [1.165, 1.54) is 0 Å². The smallest absolute Gasteiger partial charge is 0.253 e. The molecule has 1 aromatic heterocycles. The first-order valence-electron chi connectivity index (χ1n) is 11.3. The van der Waals surface area contributed by atoms with Crippen LogP contribution in [0.15, 0.2) is 48.5 Å². The second kappa shape index (κ2) is 9.58. The van der Waals surface area contributed by atoms with Gasteiger partial charge in [0.05, 0.1) is 23.2 Å². The summed E-state index contributed by atoms with van der Waals surface area (Å²) in [7, 11) is 0. The molecule has 1 aliphatic rings. The summed E-state index contributed by atoms with van der Waals surface area (Å²) in [4.78, 5) is 29.0. The number of aliphatic hydroxyl groups is 1. The molecule has 0 spiro atoms. The Morgan fingerprint density at radius 3 is 2.45 bits per heavy atom. The van der Waals surface area contributed by atoms with E-state index in [0.717, 1.165) is 28.6 Å². The predicted octanol–water partition coefficient (Wildman–Crippen LogP) is 3.57. The van der Waals surface area contributed by atoms with Crippen molar-refractivity contribution in [3.05, 3.63) is 65.4 Å². The van der Waals surface area contributed by atoms with Crippen molar-refractivity contribution < 1.29 is 14.7 Å². The fourth-order valence-electron chi connectivity index (χ4n) is 4.06. The molecule has 0 unspecified atom stereocenters. The quantitative estimate of drug-likeness (QED) is 0.627. The standard InChI is InChI=1S/C26H30N4O3/c1-26(2,33)18-24(31)29-14-5-15-30(17-16-29)25(32)20-11-8-19(9-12-20)10-13-23-21-6-3-4-7-22(21)27-28-23/h3-4,6-13,33H,5,14-18H2,1-2H3,(H,27,28)/b13-10+. The lowest BCUT2D eigenvalue weighted by Gasteiger charge is -2.25. The molecule has 1 aliphatic heterocycles. The highest BCUT2D eigenvalue weighted by Gasteiger charge is 2.26. The molecule has 33 heavy (non-hydrogen) atoms. The summed E-state index contributed by atoms with van der Waals surface area (Å²) in [5.74, 6) is -0.0989. The highest BCUT2D eigenvalue weighted by molar-refractivity contribution is 5.95. The molecule has 1 fully saturated rings. The number of aromatic amines is 1. The Hall–Kier alpha value is -3.45. The lowest BCUT2D eigenvalue weighted by molar-refractivity contribution is -0.135. The van der Waals surface area contributed by atoms with Crippen molar-refractivity contribution in [2.24, 2.45) is 0 Å². The molecular weight excluding hydrogens is 416 g/mol. The maximum Gasteiger partial charge on any atom is 0.253 e. The van der Waals surface area contributed by atoms with Gasteiger partial charge in [0.1, 0.15) is 0 Å². The Balaban J connectivity index is 1.37. The lowest BCUT2D eigenvalue weighted by atomic mass is 10.0. The minimum atomic E-state index is -1.03. The predicted molar refractivity (Wildman–Crippen MR) is 129 cm³/mol. The molecule has 7 heteroatoms. The Morgan fingerprint density at radius 2 is 1.70 bits per heavy atom. The van der Waals surface area contributed by atoms with Gasteiger partial charge in [0, 0.05) is 37.1 Å². The van der Waals surface area contributed by atoms with Crippen LogP contribution < -0.4 is 0 Å². The summed E-state index contributed by atoms with van der Waals surface area (Å²) >= 11 is 0. The number of H-pyrrole nitrogens is 1. The van der Waals surface area contributed by atoms with E-state index < -0.39 is 5.60 Å². The topological polar surface area (TPSA) is 89.5 Å². The van der Waals surface area contributed by atoms with Crippen LogP contribution in [-0.2, 0) is 4.79 Å². The molecule has 0 aliphatic carbocycles. The maximum atomic E-state index is 13.0. The number of carbonyl (C=O) groups is 2. The van der Waals surface area contributed by atoms with Crippen molar-refractivity contribution in [2.75, 3.05) is 26.2 Å². The molecule has 0 radical (unpaired) electrons. The molecule has 3 aromatic rings. The van der Waals surface area contributed by atoms with Gasteiger partial charge in [-0.05, 0) is 50.1 Å². The van der Waals surface area contributed by atoms with E-state index in [9.17, 15) is 14.7 Å². The monoisotopic (exact) mass is 446 g/mol. The van der Waals surface area contributed by atoms with Crippen molar-refractivity contribution in [1.82, 2.24) is 20.0 Å². The Bertz CT molecular complexity index is 1160. The molecular formula is C26H30N4O3. The summed E-state index contributed by atoms with van der Waals surface area (Å²) in [5, 5.41) is 18.4. The number of amides is 2. The van der Waals surface area contributed by atoms with Crippen molar-refractivity contribution >= 4 is 34.9 Å². The van der Waals surface area contributed by atoms with Gasteiger partial charge in [0.25, 0.3) is 5.91 Å². The molecule has 1 saturated heterocycles. The van der Waals surface area contributed by atoms with E-state index in [4.69, 9.17) is 0 Å². The third-order valence-corrected chi connectivity index (χ3v) is 5.81. The number of benzene rings is 2. The van der Waals surface area contributed by atoms with Crippen molar-refractivity contribution in [3.8, 4) is 0 Å². The van der Waals surface area contributed by atoms with Gasteiger partial charge < -0.3 is 14.9 Å². The van der Waals surface area contributed by atoms with E-state index in [0.29, 0.717) is 31.7 Å². The SMILES string of the molecule is CC(C)(O)CC(=O)N1CCCN(C(=O)c2ccc(/C=C/c3n[nH]c4ccccc34)cc2)CC1. The van der Waals surface area contributed by atoms with Crippen LogP contribution in [0.3, 0.4) is 0 Å². The molecule has 2 heterocycles. The summed E-state index contributed by atoms with van der Waals surface area (Å²) in [6.45, 7) is 5.45. The Labute approximate surface area is 193 Å². The number of rotatable bonds is 5. The van der Waals surface area contributed by atoms with Gasteiger partial charge in [-0.2, -0.15) is 5.10 Å². The second-order valence-corrected chi connectivity index (χ2v) is 9.13. The summed E-state index contributed by atoms with van der Waals surface area (Å²) in [6.07, 6.45) is 4.75. The average molecular weight is 447 g/mol. The second-order valence-electron chi connectivity index (χ2n) is 9.13. The molecule has 7 nitrogen and oxygen atoms in total. The first-order valence-corrected chi connectivity index (χ1v) is 11.3. The van der Waals surface area contributed by atoms with Gasteiger partial charge in [-0.1, -0.05) is 36.4 Å². The van der Waals surface area contributed by atoms with Gasteiger partial charge in [0.15, 0.2) is 0 Å². The summed E-state index contributed by atoms with van der Waals surface area (Å²) in [5.41, 5.74) is 2.46. The third kappa shape index (κ3) is 5.68. The number of para-hydroxylation sites is 1. The minimum absolute atomic E-state index is 0.0272. The average Bonchev–Trinajstić information content (AvgIpc) is 3.03. The number of nitrogens with zero attached hydrogens (tertiary/aromatic N) is 3. The fourth-order valence-corrected chi connectivity index (χ4v) is 4.06. The maximum absolute atomic E-state index is 13.0. The van der Waals surface area contributed by atoms with Crippen molar-refractivity contribution in [1.29, 1.82) is 0 Å². The Kier molecular flexibility index (Phi) is 6.60. The molecule has 4 rings (SSSR count). The first-order chi connectivity index (χ1) is 15.8. The number of fused-ring (bicyclic) bond motifs is 1. The molecule has 0 bridgehead atoms. The number of carbonyl (C=O) groups excluding carboxylic acids is 2. The van der Waals surface area contributed by atoms with Crippen LogP contribution in [-0.4, -0.2) is 68.7 Å². The summed E-state index contributed by atoms with van der Waals surface area (Å²) in [6, 6.07) is 15.5. The fraction of sp³-hybridized carbons (Fsp3) is 0.346. The highest BCUT2D eigenvalue weighted by atomic mass is 16.3. The first kappa shape index (κ1) is 22.7. The van der Waals surface area contributed by atoms with E-state index in [1.807, 2.05) is 60.7 Å². The van der Waals surface area contributed by atoms with Crippen LogP contribution >= 0.6 is 0 Å². The zero-order valence-electron chi connectivity index (χ0n) is 19.1. The molecule has 2 aromatic carbocycles. The Morgan fingerprint density at radius 1 is 1.00 bits per heavy atom. The van der Waals surface area contributed by atoms with Crippen LogP contribution in [0.1, 0.15) is 48.3 Å². The molecule has 2 N–H and O–H groups in total. The molecule has 2 amide bonds. The zero-order valence-corrected chi connectivity index (χ0v) is 19.1. The van der Waals surface area contributed by atoms with Crippen molar-refractivity contribution in [2.45, 2.75) is 32.3 Å². The highest BCUT2D eigenvalue weighted by Crippen LogP contribution is 2.18.